The fraction of sp³-hybridized carbons (Fsp3) is 0.375. The minimum Gasteiger partial charge on any atom is -0.311 e. The van der Waals surface area contributed by atoms with Crippen LogP contribution in [0.1, 0.15) is 35.2 Å². The number of benzene rings is 1. The third-order valence-corrected chi connectivity index (χ3v) is 3.92. The third kappa shape index (κ3) is 2.04. The lowest BCUT2D eigenvalue weighted by Crippen LogP contribution is -2.25. The molecule has 0 N–H and O–H groups in total. The Morgan fingerprint density at radius 3 is 2.84 bits per heavy atom. The smallest absolute Gasteiger partial charge is 0.228 e. The van der Waals surface area contributed by atoms with Crippen LogP contribution in [-0.4, -0.2) is 18.2 Å². The lowest BCUT2D eigenvalue weighted by molar-refractivity contribution is -0.117. The lowest BCUT2D eigenvalue weighted by atomic mass is 9.90. The molecule has 3 heteroatoms. The van der Waals surface area contributed by atoms with Gasteiger partial charge in [-0.15, -0.1) is 12.3 Å². The fourth-order valence-corrected chi connectivity index (χ4v) is 2.85. The molecule has 2 aliphatic rings. The van der Waals surface area contributed by atoms with Crippen LogP contribution < -0.4 is 4.90 Å². The number of rotatable bonds is 1. The molecule has 0 aromatic heterocycles. The van der Waals surface area contributed by atoms with E-state index >= 15 is 0 Å². The zero-order valence-electron chi connectivity index (χ0n) is 10.7. The maximum atomic E-state index is 11.9. The van der Waals surface area contributed by atoms with Crippen LogP contribution in [0.25, 0.3) is 0 Å². The molecule has 96 valence electrons. The van der Waals surface area contributed by atoms with Gasteiger partial charge in [-0.3, -0.25) is 9.59 Å². The first-order chi connectivity index (χ1) is 9.19. The van der Waals surface area contributed by atoms with E-state index in [1.807, 2.05) is 18.2 Å². The van der Waals surface area contributed by atoms with Crippen LogP contribution in [0, 0.1) is 18.3 Å². The molecule has 0 bridgehead atoms. The number of hydrogen-bond acceptors (Lipinski definition) is 2. The van der Waals surface area contributed by atoms with Crippen molar-refractivity contribution >= 4 is 17.4 Å². The zero-order valence-corrected chi connectivity index (χ0v) is 10.7. The number of amides is 1. The summed E-state index contributed by atoms with van der Waals surface area (Å²) in [6.45, 7) is 0.558. The topological polar surface area (TPSA) is 37.4 Å². The van der Waals surface area contributed by atoms with Gasteiger partial charge in [0.25, 0.3) is 0 Å². The molecule has 19 heavy (non-hydrogen) atoms. The number of hydrogen-bond donors (Lipinski definition) is 0. The molecular formula is C16H15NO2. The number of nitrogens with zero attached hydrogens (tertiary/aromatic N) is 1. The van der Waals surface area contributed by atoms with Crippen LogP contribution in [0.4, 0.5) is 5.69 Å². The van der Waals surface area contributed by atoms with E-state index in [0.29, 0.717) is 19.4 Å². The van der Waals surface area contributed by atoms with Crippen LogP contribution in [0.5, 0.6) is 0 Å². The van der Waals surface area contributed by atoms with Gasteiger partial charge >= 0.3 is 0 Å². The molecule has 1 aliphatic heterocycles. The first-order valence-corrected chi connectivity index (χ1v) is 6.61. The molecule has 3 rings (SSSR count). The van der Waals surface area contributed by atoms with E-state index in [2.05, 4.69) is 5.92 Å². The number of aryl methyl sites for hydroxylation is 1. The van der Waals surface area contributed by atoms with E-state index in [1.165, 1.54) is 0 Å². The van der Waals surface area contributed by atoms with E-state index in [0.717, 1.165) is 29.7 Å². The summed E-state index contributed by atoms with van der Waals surface area (Å²) in [5.74, 6) is 2.85. The normalized spacial score (nSPS) is 22.3. The summed E-state index contributed by atoms with van der Waals surface area (Å²) in [7, 11) is 0. The van der Waals surface area contributed by atoms with Gasteiger partial charge in [-0.1, -0.05) is 6.07 Å². The molecule has 1 aromatic carbocycles. The SMILES string of the molecule is C#CC1CC(=O)N(c2ccc3c(c2)C(=O)CCC3)C1. The summed E-state index contributed by atoms with van der Waals surface area (Å²) in [6, 6.07) is 5.75. The average Bonchev–Trinajstić information content (AvgIpc) is 2.80. The molecule has 1 aliphatic carbocycles. The Bertz CT molecular complexity index is 597. The van der Waals surface area contributed by atoms with Gasteiger partial charge in [0.05, 0.1) is 0 Å². The number of fused-ring (bicyclic) bond motifs is 1. The number of carbonyl (C=O) groups is 2. The Balaban J connectivity index is 1.95. The summed E-state index contributed by atoms with van der Waals surface area (Å²) in [5, 5.41) is 0. The number of Topliss-reactive ketones (excluding diaryl/α,β-unsaturated/α-hetero) is 1. The standard InChI is InChI=1S/C16H15NO2/c1-2-11-8-16(19)17(10-11)13-7-6-12-4-3-5-15(18)14(12)9-13/h1,6-7,9,11H,3-5,8,10H2. The largest absolute Gasteiger partial charge is 0.311 e. The number of anilines is 1. The minimum atomic E-state index is -0.0146. The van der Waals surface area contributed by atoms with Crippen molar-refractivity contribution in [3.63, 3.8) is 0 Å². The van der Waals surface area contributed by atoms with Gasteiger partial charge in [-0.05, 0) is 30.5 Å². The zero-order chi connectivity index (χ0) is 13.4. The Labute approximate surface area is 112 Å². The van der Waals surface area contributed by atoms with Crippen molar-refractivity contribution in [2.45, 2.75) is 25.7 Å². The molecule has 0 spiro atoms. The minimum absolute atomic E-state index is 0.0146. The van der Waals surface area contributed by atoms with E-state index in [1.54, 1.807) is 4.90 Å². The summed E-state index contributed by atoms with van der Waals surface area (Å²) >= 11 is 0. The summed E-state index contributed by atoms with van der Waals surface area (Å²) in [6.07, 6.45) is 8.27. The summed E-state index contributed by atoms with van der Waals surface area (Å²) < 4.78 is 0. The predicted octanol–water partition coefficient (Wildman–Crippen LogP) is 2.19. The van der Waals surface area contributed by atoms with E-state index in [9.17, 15) is 9.59 Å². The monoisotopic (exact) mass is 253 g/mol. The second-order valence-corrected chi connectivity index (χ2v) is 5.19. The average molecular weight is 253 g/mol. The molecule has 1 heterocycles. The number of carbonyl (C=O) groups excluding carboxylic acids is 2. The molecule has 1 aromatic rings. The molecular weight excluding hydrogens is 238 g/mol. The van der Waals surface area contributed by atoms with E-state index in [4.69, 9.17) is 6.42 Å². The van der Waals surface area contributed by atoms with Crippen LogP contribution in [0.3, 0.4) is 0 Å². The highest BCUT2D eigenvalue weighted by atomic mass is 16.2. The maximum Gasteiger partial charge on any atom is 0.228 e. The van der Waals surface area contributed by atoms with Crippen LogP contribution in [0.2, 0.25) is 0 Å². The van der Waals surface area contributed by atoms with Crippen molar-refractivity contribution < 1.29 is 9.59 Å². The Hall–Kier alpha value is -2.08. The van der Waals surface area contributed by atoms with Crippen molar-refractivity contribution in [3.8, 4) is 12.3 Å². The van der Waals surface area contributed by atoms with Crippen LogP contribution in [-0.2, 0) is 11.2 Å². The quantitative estimate of drug-likeness (QED) is 0.719. The van der Waals surface area contributed by atoms with Crippen LogP contribution in [0.15, 0.2) is 18.2 Å². The maximum absolute atomic E-state index is 11.9. The van der Waals surface area contributed by atoms with Gasteiger partial charge in [0.15, 0.2) is 5.78 Å². The highest BCUT2D eigenvalue weighted by Crippen LogP contribution is 2.29. The van der Waals surface area contributed by atoms with Gasteiger partial charge in [0.1, 0.15) is 0 Å². The first kappa shape index (κ1) is 12.0. The van der Waals surface area contributed by atoms with E-state index < -0.39 is 0 Å². The summed E-state index contributed by atoms with van der Waals surface area (Å²) in [5.41, 5.74) is 2.68. The van der Waals surface area contributed by atoms with Gasteiger partial charge in [0, 0.05) is 36.6 Å². The lowest BCUT2D eigenvalue weighted by Gasteiger charge is -2.20. The first-order valence-electron chi connectivity index (χ1n) is 6.61. The molecule has 1 fully saturated rings. The Morgan fingerprint density at radius 1 is 1.26 bits per heavy atom. The highest BCUT2D eigenvalue weighted by Gasteiger charge is 2.30. The van der Waals surface area contributed by atoms with Gasteiger partial charge in [0.2, 0.25) is 5.91 Å². The van der Waals surface area contributed by atoms with Gasteiger partial charge < -0.3 is 4.90 Å². The molecule has 1 atom stereocenters. The number of ketones is 1. The molecule has 1 amide bonds. The number of terminal acetylenes is 1. The van der Waals surface area contributed by atoms with Crippen molar-refractivity contribution in [1.82, 2.24) is 0 Å². The molecule has 1 saturated heterocycles. The fourth-order valence-electron chi connectivity index (χ4n) is 2.85. The molecule has 1 unspecified atom stereocenters. The Morgan fingerprint density at radius 2 is 2.11 bits per heavy atom. The van der Waals surface area contributed by atoms with E-state index in [-0.39, 0.29) is 17.6 Å². The summed E-state index contributed by atoms with van der Waals surface area (Å²) in [4.78, 5) is 25.6. The Kier molecular flexibility index (Phi) is 2.87. The molecule has 0 saturated carbocycles. The van der Waals surface area contributed by atoms with Crippen molar-refractivity contribution in [1.29, 1.82) is 0 Å². The van der Waals surface area contributed by atoms with Gasteiger partial charge in [-0.2, -0.15) is 0 Å². The molecule has 0 radical (unpaired) electrons. The molecule has 3 nitrogen and oxygen atoms in total. The van der Waals surface area contributed by atoms with Gasteiger partial charge in [-0.25, -0.2) is 0 Å². The van der Waals surface area contributed by atoms with Crippen molar-refractivity contribution in [2.24, 2.45) is 5.92 Å². The predicted molar refractivity (Wildman–Crippen MR) is 73.0 cm³/mol. The second-order valence-electron chi connectivity index (χ2n) is 5.19. The van der Waals surface area contributed by atoms with Crippen LogP contribution >= 0.6 is 0 Å². The highest BCUT2D eigenvalue weighted by molar-refractivity contribution is 6.01. The van der Waals surface area contributed by atoms with Crippen molar-refractivity contribution in [3.05, 3.63) is 29.3 Å². The van der Waals surface area contributed by atoms with Crippen molar-refractivity contribution in [2.75, 3.05) is 11.4 Å². The second kappa shape index (κ2) is 4.55. The third-order valence-electron chi connectivity index (χ3n) is 3.92.